The molecule has 40 heavy (non-hydrogen) atoms. The van der Waals surface area contributed by atoms with E-state index in [1.807, 2.05) is 84.6 Å². The monoisotopic (exact) mass is 530 g/mol. The predicted octanol–water partition coefficient (Wildman–Crippen LogP) is 6.19. The highest BCUT2D eigenvalue weighted by Gasteiger charge is 2.47. The number of benzene rings is 4. The fourth-order valence-electron chi connectivity index (χ4n) is 5.80. The van der Waals surface area contributed by atoms with E-state index in [1.165, 1.54) is 0 Å². The van der Waals surface area contributed by atoms with E-state index >= 15 is 0 Å². The highest BCUT2D eigenvalue weighted by Crippen LogP contribution is 2.47. The molecule has 1 fully saturated rings. The van der Waals surface area contributed by atoms with Crippen LogP contribution in [0.15, 0.2) is 103 Å². The Morgan fingerprint density at radius 1 is 0.700 bits per heavy atom. The van der Waals surface area contributed by atoms with Gasteiger partial charge in [0.25, 0.3) is 17.6 Å². The third-order valence-electron chi connectivity index (χ3n) is 8.07. The van der Waals surface area contributed by atoms with Crippen LogP contribution in [-0.2, 0) is 10.2 Å². The summed E-state index contributed by atoms with van der Waals surface area (Å²) in [6, 6.07) is 31.7. The molecule has 1 saturated heterocycles. The number of anilines is 1. The second-order valence-corrected chi connectivity index (χ2v) is 10.6. The topological polar surface area (TPSA) is 66.9 Å². The highest BCUT2D eigenvalue weighted by atomic mass is 16.5. The molecule has 0 radical (unpaired) electrons. The number of ketones is 1. The van der Waals surface area contributed by atoms with Gasteiger partial charge in [0.1, 0.15) is 11.5 Å². The molecule has 0 saturated carbocycles. The number of ether oxygens (including phenoxy) is 1. The maximum absolute atomic E-state index is 13.4. The first-order chi connectivity index (χ1) is 19.4. The van der Waals surface area contributed by atoms with E-state index in [0.29, 0.717) is 49.4 Å². The summed E-state index contributed by atoms with van der Waals surface area (Å²) in [6.07, 6.45) is 1.43. The molecular formula is C34H30N2O4. The average molecular weight is 531 g/mol. The molecule has 200 valence electrons. The van der Waals surface area contributed by atoms with Crippen LogP contribution in [0.25, 0.3) is 0 Å². The van der Waals surface area contributed by atoms with Gasteiger partial charge in [0.15, 0.2) is 0 Å². The van der Waals surface area contributed by atoms with Crippen LogP contribution in [0.3, 0.4) is 0 Å². The third kappa shape index (κ3) is 4.77. The molecule has 0 aliphatic carbocycles. The van der Waals surface area contributed by atoms with E-state index < -0.39 is 11.7 Å². The Morgan fingerprint density at radius 2 is 1.30 bits per heavy atom. The molecule has 0 N–H and O–H groups in total. The van der Waals surface area contributed by atoms with Crippen molar-refractivity contribution in [1.82, 2.24) is 4.90 Å². The summed E-state index contributed by atoms with van der Waals surface area (Å²) in [4.78, 5) is 43.4. The van der Waals surface area contributed by atoms with Crippen LogP contribution in [0.5, 0.6) is 11.5 Å². The lowest BCUT2D eigenvalue weighted by molar-refractivity contribution is -0.114. The third-order valence-corrected chi connectivity index (χ3v) is 8.07. The standard InChI is InChI=1S/C34H30N2O4/c1-24-11-13-25(14-12-24)31(37)33(39)36-23-34(29-9-5-6-10-30(29)36)19-21-35(22-20-34)32(38)26-15-17-28(18-16-26)40-27-7-3-2-4-8-27/h2-18H,19-23H2,1H3. The molecule has 0 bridgehead atoms. The van der Waals surface area contributed by atoms with Gasteiger partial charge in [0, 0.05) is 41.9 Å². The molecule has 2 aliphatic heterocycles. The number of aryl methyl sites for hydroxylation is 1. The zero-order valence-corrected chi connectivity index (χ0v) is 22.4. The Labute approximate surface area is 233 Å². The Bertz CT molecular complexity index is 1550. The van der Waals surface area contributed by atoms with Crippen molar-refractivity contribution in [2.24, 2.45) is 0 Å². The fraction of sp³-hybridized carbons (Fsp3) is 0.206. The number of amides is 2. The summed E-state index contributed by atoms with van der Waals surface area (Å²) in [5.74, 6) is 0.388. The van der Waals surface area contributed by atoms with Crippen molar-refractivity contribution >= 4 is 23.3 Å². The van der Waals surface area contributed by atoms with Crippen LogP contribution in [0.1, 0.15) is 44.7 Å². The van der Waals surface area contributed by atoms with Crippen molar-refractivity contribution in [2.45, 2.75) is 25.2 Å². The van der Waals surface area contributed by atoms with Gasteiger partial charge in [0.2, 0.25) is 0 Å². The smallest absolute Gasteiger partial charge is 0.299 e. The van der Waals surface area contributed by atoms with Crippen LogP contribution in [0.4, 0.5) is 5.69 Å². The second-order valence-electron chi connectivity index (χ2n) is 10.6. The number of fused-ring (bicyclic) bond motifs is 2. The van der Waals surface area contributed by atoms with Gasteiger partial charge in [-0.3, -0.25) is 14.4 Å². The minimum atomic E-state index is -0.510. The largest absolute Gasteiger partial charge is 0.457 e. The minimum Gasteiger partial charge on any atom is -0.457 e. The first-order valence-electron chi connectivity index (χ1n) is 13.6. The van der Waals surface area contributed by atoms with E-state index in [9.17, 15) is 14.4 Å². The van der Waals surface area contributed by atoms with Crippen molar-refractivity contribution < 1.29 is 19.1 Å². The Hall–Kier alpha value is -4.71. The van der Waals surface area contributed by atoms with Gasteiger partial charge in [-0.1, -0.05) is 66.2 Å². The molecule has 2 heterocycles. The number of hydrogen-bond acceptors (Lipinski definition) is 4. The summed E-state index contributed by atoms with van der Waals surface area (Å²) in [7, 11) is 0. The van der Waals surface area contributed by atoms with E-state index in [2.05, 4.69) is 6.07 Å². The predicted molar refractivity (Wildman–Crippen MR) is 154 cm³/mol. The number of rotatable bonds is 5. The molecule has 2 amide bonds. The van der Waals surface area contributed by atoms with Crippen molar-refractivity contribution in [3.8, 4) is 11.5 Å². The molecule has 6 rings (SSSR count). The lowest BCUT2D eigenvalue weighted by Crippen LogP contribution is -2.48. The molecule has 0 atom stereocenters. The molecular weight excluding hydrogens is 500 g/mol. The van der Waals surface area contributed by atoms with Crippen LogP contribution in [0.2, 0.25) is 0 Å². The first-order valence-corrected chi connectivity index (χ1v) is 13.6. The molecule has 2 aliphatic rings. The SMILES string of the molecule is Cc1ccc(C(=O)C(=O)N2CC3(CCN(C(=O)c4ccc(Oc5ccccc5)cc4)CC3)c3ccccc32)cc1. The van der Waals surface area contributed by atoms with Gasteiger partial charge in [0.05, 0.1) is 0 Å². The quantitative estimate of drug-likeness (QED) is 0.228. The lowest BCUT2D eigenvalue weighted by Gasteiger charge is -2.40. The molecule has 6 nitrogen and oxygen atoms in total. The maximum Gasteiger partial charge on any atom is 0.299 e. The number of nitrogens with zero attached hydrogens (tertiary/aromatic N) is 2. The Kier molecular flexibility index (Phi) is 6.68. The van der Waals surface area contributed by atoms with E-state index in [-0.39, 0.29) is 11.3 Å². The molecule has 6 heteroatoms. The molecule has 1 spiro atoms. The van der Waals surface area contributed by atoms with Gasteiger partial charge in [-0.15, -0.1) is 0 Å². The van der Waals surface area contributed by atoms with Crippen molar-refractivity contribution in [1.29, 1.82) is 0 Å². The molecule has 4 aromatic rings. The number of carbonyl (C=O) groups excluding carboxylic acids is 3. The van der Waals surface area contributed by atoms with Crippen LogP contribution < -0.4 is 9.64 Å². The van der Waals surface area contributed by atoms with E-state index in [0.717, 1.165) is 22.6 Å². The van der Waals surface area contributed by atoms with Gasteiger partial charge < -0.3 is 14.5 Å². The zero-order valence-electron chi connectivity index (χ0n) is 22.4. The van der Waals surface area contributed by atoms with Crippen molar-refractivity contribution in [3.05, 3.63) is 125 Å². The van der Waals surface area contributed by atoms with Gasteiger partial charge in [-0.2, -0.15) is 0 Å². The fourth-order valence-corrected chi connectivity index (χ4v) is 5.80. The lowest BCUT2D eigenvalue weighted by atomic mass is 9.74. The van der Waals surface area contributed by atoms with Gasteiger partial charge in [-0.05, 0) is 67.8 Å². The average Bonchev–Trinajstić information content (AvgIpc) is 3.31. The number of piperidine rings is 1. The number of para-hydroxylation sites is 2. The number of Topliss-reactive ketones (excluding diaryl/α,β-unsaturated/α-hetero) is 1. The number of carbonyl (C=O) groups is 3. The summed E-state index contributed by atoms with van der Waals surface area (Å²) in [5.41, 5.74) is 3.63. The van der Waals surface area contributed by atoms with Crippen molar-refractivity contribution in [2.75, 3.05) is 24.5 Å². The molecule has 0 unspecified atom stereocenters. The summed E-state index contributed by atoms with van der Waals surface area (Å²) in [6.45, 7) is 3.53. The van der Waals surface area contributed by atoms with Gasteiger partial charge in [-0.25, -0.2) is 0 Å². The minimum absolute atomic E-state index is 0.0186. The zero-order chi connectivity index (χ0) is 27.7. The van der Waals surface area contributed by atoms with Crippen molar-refractivity contribution in [3.63, 3.8) is 0 Å². The van der Waals surface area contributed by atoms with Crippen LogP contribution in [-0.4, -0.2) is 42.1 Å². The second kappa shape index (κ2) is 10.5. The summed E-state index contributed by atoms with van der Waals surface area (Å²) >= 11 is 0. The summed E-state index contributed by atoms with van der Waals surface area (Å²) < 4.78 is 5.85. The first kappa shape index (κ1) is 25.6. The van der Waals surface area contributed by atoms with E-state index in [4.69, 9.17) is 4.74 Å². The Morgan fingerprint density at radius 3 is 2.00 bits per heavy atom. The molecule has 0 aromatic heterocycles. The molecule has 4 aromatic carbocycles. The van der Waals surface area contributed by atoms with Crippen LogP contribution in [0, 0.1) is 6.92 Å². The number of hydrogen-bond donors (Lipinski definition) is 0. The number of likely N-dealkylation sites (tertiary alicyclic amines) is 1. The van der Waals surface area contributed by atoms with Gasteiger partial charge >= 0.3 is 0 Å². The van der Waals surface area contributed by atoms with Crippen LogP contribution >= 0.6 is 0 Å². The normalized spacial score (nSPS) is 15.5. The maximum atomic E-state index is 13.4. The Balaban J connectivity index is 1.15. The summed E-state index contributed by atoms with van der Waals surface area (Å²) in [5, 5.41) is 0. The highest BCUT2D eigenvalue weighted by molar-refractivity contribution is 6.47. The van der Waals surface area contributed by atoms with E-state index in [1.54, 1.807) is 29.2 Å².